The molecule has 4 N–H and O–H groups in total. The van der Waals surface area contributed by atoms with E-state index >= 15 is 0 Å². The van der Waals surface area contributed by atoms with E-state index in [0.717, 1.165) is 0 Å². The van der Waals surface area contributed by atoms with E-state index in [0.29, 0.717) is 79.3 Å². The summed E-state index contributed by atoms with van der Waals surface area (Å²) in [6, 6.07) is 0. The molecule has 0 amide bonds. The van der Waals surface area contributed by atoms with Crippen LogP contribution in [0, 0.1) is 0 Å². The summed E-state index contributed by atoms with van der Waals surface area (Å²) in [5.74, 6) is 0. The first-order valence-electron chi connectivity index (χ1n) is 20.7. The SMILES string of the molecule is CCOC(=O)OCC.CCO[C@@H]1CO[C@H]2[C@@H]1OC[C@@H]2O.CCO[C@H]1CO[C@H]2[C@@H]1OC[C@H]2O.CCO[C@H]1CO[C@H]2[C@@H]1OC[C@H]2OCC.O=CO[O-].O[C@@H]1CO[C@H]2[C@@H]1OC[C@@H]2O.[H-].[K+].[K+]. The number of ether oxygens (including phenoxy) is 14. The zero-order valence-corrected chi connectivity index (χ0v) is 43.6. The van der Waals surface area contributed by atoms with Gasteiger partial charge in [-0.3, -0.25) is 4.79 Å². The summed E-state index contributed by atoms with van der Waals surface area (Å²) in [6.45, 7) is 18.3. The van der Waals surface area contributed by atoms with Crippen LogP contribution in [0.1, 0.15) is 43.0 Å². The average Bonchev–Trinajstić information content (AvgIpc) is 4.11. The molecule has 8 aliphatic rings. The smallest absolute Gasteiger partial charge is 1.00 e. The Morgan fingerprint density at radius 1 is 0.468 bits per heavy atom. The standard InChI is InChI=1S/C10H18O4.2C8H14O4.C6H10O4.C5H10O3.CH2O3.2K.H/c1-3-11-7-5-13-10-8(12-4-2)6-14-9(7)10;2*1-2-10-6-4-12-7-5(9)3-11-8(6)7;7-3-1-9-6-4(8)2-10-5(3)6;1-3-7-5(6)8-4-2;2-1-4-3;;;/h7-10H,3-6H2,1-2H3;2*5-9H,2-4H2,1H3;3-8H,1-2H2;3-4H2,1-2H3;1,3H;;;/q;;;;;;2*+1;-1/p-1/t7-,8+,9-,10-;5-,6+,7+,8+;5-,6+,7-,8-;3-,4+,5-,6-;;;;;/m1011...../s1. The van der Waals surface area contributed by atoms with Crippen LogP contribution in [-0.2, 0) is 76.0 Å². The third kappa shape index (κ3) is 19.0. The van der Waals surface area contributed by atoms with Crippen LogP contribution in [0.25, 0.3) is 0 Å². The molecule has 8 fully saturated rings. The maximum atomic E-state index is 10.2. The van der Waals surface area contributed by atoms with E-state index in [-0.39, 0.29) is 197 Å². The van der Waals surface area contributed by atoms with E-state index in [9.17, 15) is 15.0 Å². The van der Waals surface area contributed by atoms with Gasteiger partial charge < -0.3 is 98.3 Å². The van der Waals surface area contributed by atoms with Crippen LogP contribution in [0.15, 0.2) is 0 Å². The Bertz CT molecular complexity index is 1100. The maximum absolute atomic E-state index is 10.2. The van der Waals surface area contributed by atoms with E-state index in [4.69, 9.17) is 77.1 Å². The fourth-order valence-electron chi connectivity index (χ4n) is 7.48. The van der Waals surface area contributed by atoms with Gasteiger partial charge >= 0.3 is 109 Å². The molecule has 0 unspecified atom stereocenters. The minimum atomic E-state index is -0.588. The van der Waals surface area contributed by atoms with Gasteiger partial charge in [0.15, 0.2) is 0 Å². The Morgan fingerprint density at radius 2 is 0.677 bits per heavy atom. The molecule has 16 atom stereocenters. The number of hydrogen-bond donors (Lipinski definition) is 4. The average molecular weight is 955 g/mol. The Balaban J connectivity index is 0.000000745. The summed E-state index contributed by atoms with van der Waals surface area (Å²) in [6.07, 6.45) is -3.31. The van der Waals surface area contributed by atoms with E-state index in [1.165, 1.54) is 0 Å². The summed E-state index contributed by atoms with van der Waals surface area (Å²) in [5, 5.41) is 45.5. The zero-order chi connectivity index (χ0) is 44.0. The van der Waals surface area contributed by atoms with Gasteiger partial charge in [-0.25, -0.2) is 4.79 Å². The number of hydrogen-bond acceptors (Lipinski definition) is 22. The van der Waals surface area contributed by atoms with Gasteiger partial charge in [-0.15, -0.1) is 0 Å². The predicted octanol–water partition coefficient (Wildman–Crippen LogP) is -8.07. The third-order valence-corrected chi connectivity index (χ3v) is 10.0. The molecule has 0 aromatic carbocycles. The monoisotopic (exact) mass is 954 g/mol. The van der Waals surface area contributed by atoms with Crippen molar-refractivity contribution in [3.8, 4) is 0 Å². The van der Waals surface area contributed by atoms with Crippen molar-refractivity contribution in [2.24, 2.45) is 0 Å². The first-order chi connectivity index (χ1) is 29.0. The summed E-state index contributed by atoms with van der Waals surface area (Å²) in [5.41, 5.74) is 0. The second-order valence-electron chi connectivity index (χ2n) is 13.9. The molecule has 8 aliphatic heterocycles. The van der Waals surface area contributed by atoms with Gasteiger partial charge in [0.05, 0.1) is 66.1 Å². The normalized spacial score (nSPS) is 37.4. The number of aliphatic hydroxyl groups is 4. The Morgan fingerprint density at radius 3 is 0.919 bits per heavy atom. The van der Waals surface area contributed by atoms with Crippen LogP contribution < -0.4 is 108 Å². The first kappa shape index (κ1) is 61.3. The van der Waals surface area contributed by atoms with Gasteiger partial charge in [0, 0.05) is 26.4 Å². The maximum Gasteiger partial charge on any atom is 1.00 e. The van der Waals surface area contributed by atoms with E-state index in [1.54, 1.807) is 13.8 Å². The molecule has 0 aliphatic carbocycles. The van der Waals surface area contributed by atoms with Gasteiger partial charge in [0.2, 0.25) is 0 Å². The fraction of sp³-hybridized carbons (Fsp3) is 0.947. The minimum Gasteiger partial charge on any atom is -1.00 e. The number of aliphatic hydroxyl groups excluding tert-OH is 4. The number of rotatable bonds is 11. The zero-order valence-electron chi connectivity index (χ0n) is 38.4. The quantitative estimate of drug-likeness (QED) is 0.0492. The van der Waals surface area contributed by atoms with Crippen molar-refractivity contribution in [2.45, 2.75) is 139 Å². The van der Waals surface area contributed by atoms with Crippen LogP contribution in [-0.4, -0.2) is 223 Å². The first-order valence-corrected chi connectivity index (χ1v) is 20.7. The van der Waals surface area contributed by atoms with Gasteiger partial charge in [-0.05, 0) is 41.5 Å². The van der Waals surface area contributed by atoms with Crippen molar-refractivity contribution in [1.29, 1.82) is 0 Å². The molecule has 0 aromatic rings. The van der Waals surface area contributed by atoms with Crippen molar-refractivity contribution in [1.82, 2.24) is 0 Å². The molecule has 0 saturated carbocycles. The Kier molecular flexibility index (Phi) is 34.2. The van der Waals surface area contributed by atoms with Crippen molar-refractivity contribution >= 4 is 12.6 Å². The van der Waals surface area contributed by atoms with E-state index < -0.39 is 30.6 Å². The summed E-state index contributed by atoms with van der Waals surface area (Å²) in [7, 11) is 0. The topological polar surface area (TPSA) is 277 Å². The molecule has 22 nitrogen and oxygen atoms in total. The van der Waals surface area contributed by atoms with Crippen molar-refractivity contribution < 1.29 is 211 Å². The molecule has 0 bridgehead atoms. The molecule has 8 saturated heterocycles. The second kappa shape index (κ2) is 34.6. The van der Waals surface area contributed by atoms with Crippen LogP contribution in [0.2, 0.25) is 0 Å². The van der Waals surface area contributed by atoms with Gasteiger partial charge in [0.1, 0.15) is 97.7 Å². The Labute approximate surface area is 449 Å². The fourth-order valence-corrected chi connectivity index (χ4v) is 7.48. The number of carbonyl (C=O) groups is 2. The van der Waals surface area contributed by atoms with Gasteiger partial charge in [0.25, 0.3) is 6.47 Å². The third-order valence-electron chi connectivity index (χ3n) is 10.0. The molecule has 0 aromatic heterocycles. The van der Waals surface area contributed by atoms with E-state index in [1.807, 2.05) is 27.7 Å². The molecular formula is C38H68K2O22. The second-order valence-corrected chi connectivity index (χ2v) is 13.9. The van der Waals surface area contributed by atoms with Gasteiger partial charge in [-0.1, -0.05) is 0 Å². The predicted molar refractivity (Wildman–Crippen MR) is 201 cm³/mol. The van der Waals surface area contributed by atoms with Crippen LogP contribution in [0.3, 0.4) is 0 Å². The minimum absolute atomic E-state index is 0. The molecule has 354 valence electrons. The largest absolute Gasteiger partial charge is 1.00 e. The molecule has 62 heavy (non-hydrogen) atoms. The molecular weight excluding hydrogens is 887 g/mol. The number of carbonyl (C=O) groups excluding carboxylic acids is 2. The summed E-state index contributed by atoms with van der Waals surface area (Å²) >= 11 is 0. The summed E-state index contributed by atoms with van der Waals surface area (Å²) < 4.78 is 73.6. The molecule has 8 heterocycles. The van der Waals surface area contributed by atoms with Gasteiger partial charge in [-0.2, -0.15) is 0 Å². The van der Waals surface area contributed by atoms with Crippen LogP contribution in [0.5, 0.6) is 0 Å². The Hall–Kier alpha value is 1.33. The molecule has 8 rings (SSSR count). The van der Waals surface area contributed by atoms with Crippen molar-refractivity contribution in [2.75, 3.05) is 92.5 Å². The molecule has 0 radical (unpaired) electrons. The van der Waals surface area contributed by atoms with Crippen molar-refractivity contribution in [3.05, 3.63) is 0 Å². The number of fused-ring (bicyclic) bond motifs is 4. The molecule has 24 heteroatoms. The van der Waals surface area contributed by atoms with Crippen molar-refractivity contribution in [3.63, 3.8) is 0 Å². The summed E-state index contributed by atoms with van der Waals surface area (Å²) in [4.78, 5) is 21.4. The van der Waals surface area contributed by atoms with Crippen LogP contribution in [0.4, 0.5) is 4.79 Å². The van der Waals surface area contributed by atoms with E-state index in [2.05, 4.69) is 14.4 Å². The molecule has 0 spiro atoms. The van der Waals surface area contributed by atoms with Crippen LogP contribution >= 0.6 is 0 Å².